The Morgan fingerprint density at radius 1 is 1.13 bits per heavy atom. The van der Waals surface area contributed by atoms with E-state index in [4.69, 9.17) is 4.74 Å². The van der Waals surface area contributed by atoms with Crippen LogP contribution in [0.4, 0.5) is 0 Å². The number of Topliss-reactive ketones (excluding diaryl/α,β-unsaturated/α-hetero) is 1. The van der Waals surface area contributed by atoms with Crippen LogP contribution in [0.15, 0.2) is 73.0 Å². The summed E-state index contributed by atoms with van der Waals surface area (Å²) in [4.78, 5) is 35.7. The smallest absolute Gasteiger partial charge is 0.295 e. The zero-order chi connectivity index (χ0) is 21.8. The maximum atomic E-state index is 13.0. The van der Waals surface area contributed by atoms with Crippen LogP contribution in [-0.4, -0.2) is 49.9 Å². The van der Waals surface area contributed by atoms with Crippen molar-refractivity contribution in [3.05, 3.63) is 84.2 Å². The van der Waals surface area contributed by atoms with Gasteiger partial charge in [0.1, 0.15) is 17.6 Å². The number of pyridine rings is 1. The highest BCUT2D eigenvalue weighted by Crippen LogP contribution is 2.39. The van der Waals surface area contributed by atoms with Gasteiger partial charge in [-0.05, 0) is 30.7 Å². The van der Waals surface area contributed by atoms with E-state index in [0.29, 0.717) is 36.5 Å². The van der Waals surface area contributed by atoms with Gasteiger partial charge in [0.05, 0.1) is 24.7 Å². The highest BCUT2D eigenvalue weighted by atomic mass is 16.5. The molecule has 0 spiro atoms. The molecule has 0 saturated carbocycles. The minimum absolute atomic E-state index is 0.0274. The van der Waals surface area contributed by atoms with Crippen molar-refractivity contribution < 1.29 is 19.4 Å². The number of aliphatic hydroxyl groups is 1. The van der Waals surface area contributed by atoms with Crippen LogP contribution in [0.3, 0.4) is 0 Å². The van der Waals surface area contributed by atoms with Crippen LogP contribution >= 0.6 is 0 Å². The number of carbonyl (C=O) groups is 2. The SMILES string of the molecule is COc1cccc(C(O)=C2C(=O)C(=O)N(CCCn3ccnc3)[C@@H]2c2ccccn2)c1. The predicted molar refractivity (Wildman–Crippen MR) is 113 cm³/mol. The van der Waals surface area contributed by atoms with Gasteiger partial charge in [-0.1, -0.05) is 18.2 Å². The summed E-state index contributed by atoms with van der Waals surface area (Å²) in [7, 11) is 1.52. The van der Waals surface area contributed by atoms with Crippen molar-refractivity contribution in [1.82, 2.24) is 19.4 Å². The second-order valence-corrected chi connectivity index (χ2v) is 7.13. The number of hydrogen-bond donors (Lipinski definition) is 1. The molecule has 1 aromatic carbocycles. The number of imidazole rings is 1. The van der Waals surface area contributed by atoms with Crippen LogP contribution in [0, 0.1) is 0 Å². The summed E-state index contributed by atoms with van der Waals surface area (Å²) in [5, 5.41) is 11.0. The normalized spacial score (nSPS) is 17.8. The summed E-state index contributed by atoms with van der Waals surface area (Å²) in [6, 6.07) is 11.3. The molecule has 0 bridgehead atoms. The minimum Gasteiger partial charge on any atom is -0.507 e. The Morgan fingerprint density at radius 2 is 2.00 bits per heavy atom. The Bertz CT molecular complexity index is 1110. The summed E-state index contributed by atoms with van der Waals surface area (Å²) >= 11 is 0. The Hall–Kier alpha value is -3.94. The van der Waals surface area contributed by atoms with Gasteiger partial charge in [-0.2, -0.15) is 0 Å². The number of benzene rings is 1. The van der Waals surface area contributed by atoms with E-state index in [2.05, 4.69) is 9.97 Å². The molecule has 8 heteroatoms. The number of ketones is 1. The molecule has 1 amide bonds. The first-order valence-electron chi connectivity index (χ1n) is 9.89. The van der Waals surface area contributed by atoms with Crippen molar-refractivity contribution in [2.24, 2.45) is 0 Å². The van der Waals surface area contributed by atoms with E-state index in [1.807, 2.05) is 10.8 Å². The lowest BCUT2D eigenvalue weighted by Gasteiger charge is -2.24. The van der Waals surface area contributed by atoms with Gasteiger partial charge in [0.2, 0.25) is 0 Å². The molecule has 0 unspecified atom stereocenters. The lowest BCUT2D eigenvalue weighted by molar-refractivity contribution is -0.140. The van der Waals surface area contributed by atoms with Crippen molar-refractivity contribution in [2.45, 2.75) is 19.0 Å². The highest BCUT2D eigenvalue weighted by Gasteiger charge is 2.46. The summed E-state index contributed by atoms with van der Waals surface area (Å²) in [6.07, 6.45) is 7.45. The third kappa shape index (κ3) is 4.05. The number of aryl methyl sites for hydroxylation is 1. The van der Waals surface area contributed by atoms with E-state index >= 15 is 0 Å². The van der Waals surface area contributed by atoms with E-state index in [1.54, 1.807) is 61.2 Å². The number of rotatable bonds is 7. The van der Waals surface area contributed by atoms with Crippen LogP contribution in [0.25, 0.3) is 5.76 Å². The molecule has 1 saturated heterocycles. The number of amides is 1. The molecule has 31 heavy (non-hydrogen) atoms. The fourth-order valence-electron chi connectivity index (χ4n) is 3.72. The first-order valence-corrected chi connectivity index (χ1v) is 9.89. The largest absolute Gasteiger partial charge is 0.507 e. The van der Waals surface area contributed by atoms with E-state index in [0.717, 1.165) is 0 Å². The quantitative estimate of drug-likeness (QED) is 0.360. The van der Waals surface area contributed by atoms with Gasteiger partial charge in [-0.3, -0.25) is 14.6 Å². The van der Waals surface area contributed by atoms with Crippen LogP contribution in [0.2, 0.25) is 0 Å². The Morgan fingerprint density at radius 3 is 2.71 bits per heavy atom. The van der Waals surface area contributed by atoms with E-state index in [-0.39, 0.29) is 11.3 Å². The maximum Gasteiger partial charge on any atom is 0.295 e. The Labute approximate surface area is 179 Å². The molecule has 1 N–H and O–H groups in total. The molecule has 1 atom stereocenters. The van der Waals surface area contributed by atoms with Crippen molar-refractivity contribution in [1.29, 1.82) is 0 Å². The van der Waals surface area contributed by atoms with Crippen LogP contribution in [0.1, 0.15) is 23.7 Å². The Balaban J connectivity index is 1.72. The van der Waals surface area contributed by atoms with Crippen molar-refractivity contribution in [3.63, 3.8) is 0 Å². The van der Waals surface area contributed by atoms with Crippen molar-refractivity contribution in [3.8, 4) is 5.75 Å². The molecule has 3 aromatic rings. The molecular weight excluding hydrogens is 396 g/mol. The lowest BCUT2D eigenvalue weighted by Crippen LogP contribution is -2.31. The summed E-state index contributed by atoms with van der Waals surface area (Å²) in [6.45, 7) is 0.979. The van der Waals surface area contributed by atoms with Gasteiger partial charge < -0.3 is 19.3 Å². The number of likely N-dealkylation sites (tertiary alicyclic amines) is 1. The average Bonchev–Trinajstić information content (AvgIpc) is 3.41. The molecule has 1 aliphatic rings. The summed E-state index contributed by atoms with van der Waals surface area (Å²) in [5.41, 5.74) is 0.949. The van der Waals surface area contributed by atoms with Crippen LogP contribution < -0.4 is 4.74 Å². The van der Waals surface area contributed by atoms with Crippen LogP contribution in [0.5, 0.6) is 5.75 Å². The number of ether oxygens (including phenoxy) is 1. The number of hydrogen-bond acceptors (Lipinski definition) is 6. The number of methoxy groups -OCH3 is 1. The van der Waals surface area contributed by atoms with Crippen LogP contribution in [-0.2, 0) is 16.1 Å². The molecule has 158 valence electrons. The lowest BCUT2D eigenvalue weighted by atomic mass is 9.98. The monoisotopic (exact) mass is 418 g/mol. The maximum absolute atomic E-state index is 13.0. The first kappa shape index (κ1) is 20.3. The fraction of sp³-hybridized carbons (Fsp3) is 0.217. The average molecular weight is 418 g/mol. The number of nitrogens with zero attached hydrogens (tertiary/aromatic N) is 4. The Kier molecular flexibility index (Phi) is 5.79. The third-order valence-electron chi connectivity index (χ3n) is 5.23. The van der Waals surface area contributed by atoms with Gasteiger partial charge in [-0.15, -0.1) is 0 Å². The highest BCUT2D eigenvalue weighted by molar-refractivity contribution is 6.46. The van der Waals surface area contributed by atoms with E-state index in [9.17, 15) is 14.7 Å². The number of carbonyl (C=O) groups excluding carboxylic acids is 2. The number of aliphatic hydroxyl groups excluding tert-OH is 1. The molecule has 0 radical (unpaired) electrons. The van der Waals surface area contributed by atoms with Gasteiger partial charge in [0, 0.05) is 37.2 Å². The third-order valence-corrected chi connectivity index (χ3v) is 5.23. The van der Waals surface area contributed by atoms with Gasteiger partial charge in [0.25, 0.3) is 11.7 Å². The molecule has 8 nitrogen and oxygen atoms in total. The summed E-state index contributed by atoms with van der Waals surface area (Å²) in [5.74, 6) is -1.08. The minimum atomic E-state index is -0.768. The predicted octanol–water partition coefficient (Wildman–Crippen LogP) is 2.80. The fourth-order valence-corrected chi connectivity index (χ4v) is 3.72. The zero-order valence-electron chi connectivity index (χ0n) is 17.0. The standard InChI is InChI=1S/C23H22N4O4/c1-31-17-7-4-6-16(14-17)21(28)19-20(18-8-2-3-9-25-18)27(23(30)22(19)29)12-5-11-26-13-10-24-15-26/h2-4,6-10,13-15,20,28H,5,11-12H2,1H3/t20-/m1/s1. The van der Waals surface area contributed by atoms with Crippen molar-refractivity contribution in [2.75, 3.05) is 13.7 Å². The molecule has 0 aliphatic carbocycles. The van der Waals surface area contributed by atoms with Gasteiger partial charge >= 0.3 is 0 Å². The molecule has 3 heterocycles. The number of aromatic nitrogens is 3. The zero-order valence-corrected chi connectivity index (χ0v) is 17.0. The molecular formula is C23H22N4O4. The second kappa shape index (κ2) is 8.83. The molecule has 1 aliphatic heterocycles. The molecule has 2 aromatic heterocycles. The van der Waals surface area contributed by atoms with E-state index in [1.165, 1.54) is 12.0 Å². The van der Waals surface area contributed by atoms with Crippen molar-refractivity contribution >= 4 is 17.4 Å². The topological polar surface area (TPSA) is 97.6 Å². The van der Waals surface area contributed by atoms with Gasteiger partial charge in [-0.25, -0.2) is 4.98 Å². The van der Waals surface area contributed by atoms with E-state index < -0.39 is 17.7 Å². The van der Waals surface area contributed by atoms with Gasteiger partial charge in [0.15, 0.2) is 0 Å². The first-order chi connectivity index (χ1) is 15.1. The molecule has 1 fully saturated rings. The summed E-state index contributed by atoms with van der Waals surface area (Å²) < 4.78 is 7.13. The second-order valence-electron chi connectivity index (χ2n) is 7.13. The molecule has 4 rings (SSSR count).